The highest BCUT2D eigenvalue weighted by Gasteiger charge is 2.49. The lowest BCUT2D eigenvalue weighted by Gasteiger charge is -2.24. The molecule has 2 amide bonds. The number of carbonyl (C=O) groups excluding carboxylic acids is 2. The highest BCUT2D eigenvalue weighted by Crippen LogP contribution is 2.35. The van der Waals surface area contributed by atoms with Crippen molar-refractivity contribution in [1.29, 1.82) is 0 Å². The number of carboxylic acid groups (broad SMARTS) is 1. The standard InChI is InChI=1S/C22H22ClN3O7/c1-12-14(23)4-3-5-15(12)25-21(30)22(10-20(28)29)9-16(26-33-22)13-6-7-17(18(8-13)31-2)32-11-19(24)27/h3-8H,9-11H2,1-2H3,(H2,24,27)(H,25,30)(H,28,29)/t22-/m1/s1. The van der Waals surface area contributed by atoms with Crippen molar-refractivity contribution in [3.8, 4) is 11.5 Å². The molecule has 0 aromatic heterocycles. The van der Waals surface area contributed by atoms with Gasteiger partial charge in [-0.2, -0.15) is 0 Å². The molecule has 0 aliphatic carbocycles. The number of rotatable bonds is 9. The number of aliphatic carboxylic acids is 1. The van der Waals surface area contributed by atoms with E-state index in [1.807, 2.05) is 0 Å². The van der Waals surface area contributed by atoms with Gasteiger partial charge in [-0.3, -0.25) is 14.4 Å². The zero-order valence-corrected chi connectivity index (χ0v) is 18.6. The first-order valence-corrected chi connectivity index (χ1v) is 10.2. The number of benzene rings is 2. The lowest BCUT2D eigenvalue weighted by Crippen LogP contribution is -2.45. The van der Waals surface area contributed by atoms with Crippen molar-refractivity contribution >= 4 is 40.8 Å². The molecule has 33 heavy (non-hydrogen) atoms. The van der Waals surface area contributed by atoms with Gasteiger partial charge >= 0.3 is 5.97 Å². The van der Waals surface area contributed by atoms with Crippen molar-refractivity contribution in [1.82, 2.24) is 0 Å². The van der Waals surface area contributed by atoms with Crippen LogP contribution in [0.25, 0.3) is 0 Å². The van der Waals surface area contributed by atoms with Gasteiger partial charge in [0.05, 0.1) is 19.2 Å². The second-order valence-electron chi connectivity index (χ2n) is 7.36. The molecule has 3 rings (SSSR count). The molecule has 0 saturated carbocycles. The fourth-order valence-corrected chi connectivity index (χ4v) is 3.44. The molecular formula is C22H22ClN3O7. The van der Waals surface area contributed by atoms with E-state index in [-0.39, 0.29) is 18.8 Å². The van der Waals surface area contributed by atoms with Crippen molar-refractivity contribution in [3.63, 3.8) is 0 Å². The normalized spacial score (nSPS) is 17.0. The van der Waals surface area contributed by atoms with Gasteiger partial charge in [0.15, 0.2) is 18.1 Å². The van der Waals surface area contributed by atoms with Gasteiger partial charge in [0.2, 0.25) is 5.60 Å². The maximum absolute atomic E-state index is 13.1. The summed E-state index contributed by atoms with van der Waals surface area (Å²) in [5, 5.41) is 16.6. The van der Waals surface area contributed by atoms with Gasteiger partial charge in [-0.05, 0) is 42.8 Å². The maximum atomic E-state index is 13.1. The Kier molecular flexibility index (Phi) is 7.07. The highest BCUT2D eigenvalue weighted by atomic mass is 35.5. The average molecular weight is 476 g/mol. The Balaban J connectivity index is 1.85. The number of hydrogen-bond acceptors (Lipinski definition) is 7. The Bertz CT molecular complexity index is 1130. The minimum absolute atomic E-state index is 0.102. The second-order valence-corrected chi connectivity index (χ2v) is 7.77. The van der Waals surface area contributed by atoms with E-state index in [0.717, 1.165) is 0 Å². The Labute approximate surface area is 194 Å². The van der Waals surface area contributed by atoms with Crippen LogP contribution in [0.15, 0.2) is 41.6 Å². The van der Waals surface area contributed by atoms with E-state index < -0.39 is 29.8 Å². The predicted octanol–water partition coefficient (Wildman–Crippen LogP) is 2.50. The van der Waals surface area contributed by atoms with Gasteiger partial charge < -0.3 is 30.5 Å². The molecule has 2 aromatic rings. The summed E-state index contributed by atoms with van der Waals surface area (Å²) in [6.45, 7) is 1.40. The van der Waals surface area contributed by atoms with Gasteiger partial charge in [0, 0.05) is 22.7 Å². The molecule has 0 spiro atoms. The molecule has 1 aliphatic heterocycles. The molecule has 11 heteroatoms. The Morgan fingerprint density at radius 2 is 2.03 bits per heavy atom. The number of nitrogens with zero attached hydrogens (tertiary/aromatic N) is 1. The monoisotopic (exact) mass is 475 g/mol. The predicted molar refractivity (Wildman–Crippen MR) is 120 cm³/mol. The molecule has 2 aromatic carbocycles. The molecule has 0 radical (unpaired) electrons. The van der Waals surface area contributed by atoms with E-state index in [2.05, 4.69) is 10.5 Å². The first-order valence-electron chi connectivity index (χ1n) is 9.78. The number of nitrogens with one attached hydrogen (secondary N) is 1. The Hall–Kier alpha value is -3.79. The minimum atomic E-state index is -1.76. The molecule has 0 saturated heterocycles. The van der Waals surface area contributed by atoms with Crippen LogP contribution in [0.2, 0.25) is 5.02 Å². The molecule has 0 fully saturated rings. The number of oxime groups is 1. The third-order valence-electron chi connectivity index (χ3n) is 5.02. The first kappa shape index (κ1) is 23.9. The van der Waals surface area contributed by atoms with Gasteiger partial charge in [-0.15, -0.1) is 0 Å². The molecule has 174 valence electrons. The van der Waals surface area contributed by atoms with Crippen LogP contribution in [0.4, 0.5) is 5.69 Å². The fraction of sp³-hybridized carbons (Fsp3) is 0.273. The highest BCUT2D eigenvalue weighted by molar-refractivity contribution is 6.31. The molecule has 0 unspecified atom stereocenters. The summed E-state index contributed by atoms with van der Waals surface area (Å²) < 4.78 is 10.6. The number of hydrogen-bond donors (Lipinski definition) is 3. The quantitative estimate of drug-likeness (QED) is 0.504. The van der Waals surface area contributed by atoms with Crippen LogP contribution in [-0.4, -0.2) is 47.9 Å². The lowest BCUT2D eigenvalue weighted by molar-refractivity contribution is -0.152. The summed E-state index contributed by atoms with van der Waals surface area (Å²) in [5.74, 6) is -1.95. The maximum Gasteiger partial charge on any atom is 0.308 e. The number of amides is 2. The summed E-state index contributed by atoms with van der Waals surface area (Å²) in [4.78, 5) is 41.1. The SMILES string of the molecule is COc1cc(C2=NO[C@](CC(=O)O)(C(=O)Nc3cccc(Cl)c3C)C2)ccc1OCC(N)=O. The van der Waals surface area contributed by atoms with Crippen molar-refractivity contribution in [2.75, 3.05) is 19.0 Å². The summed E-state index contributed by atoms with van der Waals surface area (Å²) in [6, 6.07) is 9.74. The lowest BCUT2D eigenvalue weighted by atomic mass is 9.90. The summed E-state index contributed by atoms with van der Waals surface area (Å²) in [5.41, 5.74) is 5.28. The largest absolute Gasteiger partial charge is 0.493 e. The zero-order chi connectivity index (χ0) is 24.2. The molecular weight excluding hydrogens is 454 g/mol. The van der Waals surface area contributed by atoms with Crippen LogP contribution >= 0.6 is 11.6 Å². The van der Waals surface area contributed by atoms with E-state index >= 15 is 0 Å². The third kappa shape index (κ3) is 5.35. The summed E-state index contributed by atoms with van der Waals surface area (Å²) in [7, 11) is 1.42. The molecule has 4 N–H and O–H groups in total. The number of methoxy groups -OCH3 is 1. The van der Waals surface area contributed by atoms with Crippen molar-refractivity contribution < 1.29 is 33.8 Å². The number of ether oxygens (including phenoxy) is 2. The number of nitrogens with two attached hydrogens (primary N) is 1. The van der Waals surface area contributed by atoms with Gasteiger partial charge in [0.25, 0.3) is 11.8 Å². The average Bonchev–Trinajstić information content (AvgIpc) is 3.20. The molecule has 10 nitrogen and oxygen atoms in total. The first-order chi connectivity index (χ1) is 15.6. The van der Waals surface area contributed by atoms with Crippen molar-refractivity contribution in [3.05, 3.63) is 52.5 Å². The van der Waals surface area contributed by atoms with Crippen LogP contribution < -0.4 is 20.5 Å². The zero-order valence-electron chi connectivity index (χ0n) is 17.9. The van der Waals surface area contributed by atoms with Crippen LogP contribution in [0.5, 0.6) is 11.5 Å². The number of primary amides is 1. The van der Waals surface area contributed by atoms with Crippen LogP contribution in [-0.2, 0) is 19.2 Å². The smallest absolute Gasteiger partial charge is 0.308 e. The van der Waals surface area contributed by atoms with Gasteiger partial charge in [0.1, 0.15) is 0 Å². The summed E-state index contributed by atoms with van der Waals surface area (Å²) in [6.07, 6.45) is -0.711. The van der Waals surface area contributed by atoms with Crippen molar-refractivity contribution in [2.24, 2.45) is 10.9 Å². The van der Waals surface area contributed by atoms with Crippen LogP contribution in [0.3, 0.4) is 0 Å². The topological polar surface area (TPSA) is 150 Å². The fourth-order valence-electron chi connectivity index (χ4n) is 3.27. The van der Waals surface area contributed by atoms with Gasteiger partial charge in [-0.25, -0.2) is 0 Å². The van der Waals surface area contributed by atoms with E-state index in [9.17, 15) is 19.5 Å². The minimum Gasteiger partial charge on any atom is -0.493 e. The van der Waals surface area contributed by atoms with Crippen LogP contribution in [0, 0.1) is 6.92 Å². The van der Waals surface area contributed by atoms with Gasteiger partial charge in [-0.1, -0.05) is 22.8 Å². The Morgan fingerprint density at radius 3 is 2.70 bits per heavy atom. The molecule has 1 atom stereocenters. The molecule has 1 heterocycles. The van der Waals surface area contributed by atoms with E-state index in [1.54, 1.807) is 43.3 Å². The number of carboxylic acids is 1. The third-order valence-corrected chi connectivity index (χ3v) is 5.43. The van der Waals surface area contributed by atoms with E-state index in [1.165, 1.54) is 7.11 Å². The van der Waals surface area contributed by atoms with E-state index in [0.29, 0.717) is 33.3 Å². The van der Waals surface area contributed by atoms with E-state index in [4.69, 9.17) is 31.6 Å². The summed E-state index contributed by atoms with van der Waals surface area (Å²) >= 11 is 6.11. The number of anilines is 1. The molecule has 1 aliphatic rings. The molecule has 0 bridgehead atoms. The number of carbonyl (C=O) groups is 3. The van der Waals surface area contributed by atoms with Crippen molar-refractivity contribution in [2.45, 2.75) is 25.4 Å². The Morgan fingerprint density at radius 1 is 1.27 bits per heavy atom. The number of halogens is 1. The van der Waals surface area contributed by atoms with Crippen LogP contribution in [0.1, 0.15) is 24.0 Å². The second kappa shape index (κ2) is 9.78.